The molecule has 3 atom stereocenters. The molecule has 0 radical (unpaired) electrons. The molecule has 37 heavy (non-hydrogen) atoms. The van der Waals surface area contributed by atoms with Crippen molar-refractivity contribution in [3.8, 4) is 0 Å². The molecule has 0 bridgehead atoms. The highest BCUT2D eigenvalue weighted by Crippen LogP contribution is 2.36. The lowest BCUT2D eigenvalue weighted by atomic mass is 9.75. The van der Waals surface area contributed by atoms with Gasteiger partial charge in [0.2, 0.25) is 5.91 Å². The summed E-state index contributed by atoms with van der Waals surface area (Å²) >= 11 is 0. The van der Waals surface area contributed by atoms with Crippen LogP contribution in [0.25, 0.3) is 0 Å². The highest BCUT2D eigenvalue weighted by Gasteiger charge is 2.52. The Bertz CT molecular complexity index is 1260. The van der Waals surface area contributed by atoms with Gasteiger partial charge >= 0.3 is 0 Å². The third kappa shape index (κ3) is 6.16. The van der Waals surface area contributed by atoms with Crippen LogP contribution in [0.2, 0.25) is 0 Å². The summed E-state index contributed by atoms with van der Waals surface area (Å²) in [5.41, 5.74) is 2.88. The molecule has 1 aliphatic heterocycles. The number of piperidine rings is 1. The number of hydrogen-bond donors (Lipinski definition) is 1. The van der Waals surface area contributed by atoms with Gasteiger partial charge in [-0.3, -0.25) is 4.79 Å². The molecule has 4 nitrogen and oxygen atoms in total. The first kappa shape index (κ1) is 24.9. The van der Waals surface area contributed by atoms with Crippen molar-refractivity contribution in [2.45, 2.75) is 37.7 Å². The number of amides is 1. The van der Waals surface area contributed by atoms with Crippen LogP contribution in [-0.4, -0.2) is 34.2 Å². The summed E-state index contributed by atoms with van der Waals surface area (Å²) in [5, 5.41) is 12.4. The van der Waals surface area contributed by atoms with Crippen LogP contribution in [0, 0.1) is 5.92 Å². The van der Waals surface area contributed by atoms with E-state index in [0.29, 0.717) is 26.0 Å². The van der Waals surface area contributed by atoms with E-state index < -0.39 is 17.6 Å². The topological polar surface area (TPSA) is 49.8 Å². The smallest absolute Gasteiger partial charge is 0.229 e. The average molecular weight is 492 g/mol. The van der Waals surface area contributed by atoms with Gasteiger partial charge in [-0.1, -0.05) is 121 Å². The highest BCUT2D eigenvalue weighted by molar-refractivity contribution is 5.81. The van der Waals surface area contributed by atoms with E-state index in [-0.39, 0.29) is 12.5 Å². The lowest BCUT2D eigenvalue weighted by Gasteiger charge is -2.48. The molecule has 3 unspecified atom stereocenters. The quantitative estimate of drug-likeness (QED) is 0.339. The van der Waals surface area contributed by atoms with Gasteiger partial charge in [0, 0.05) is 13.0 Å². The Labute approximate surface area is 219 Å². The number of carbonyl (C=O) groups excluding carboxylic acids is 1. The fourth-order valence-corrected chi connectivity index (χ4v) is 5.37. The Kier molecular flexibility index (Phi) is 7.79. The summed E-state index contributed by atoms with van der Waals surface area (Å²) in [4.78, 5) is 15.8. The zero-order valence-electron chi connectivity index (χ0n) is 20.9. The predicted molar refractivity (Wildman–Crippen MR) is 146 cm³/mol. The van der Waals surface area contributed by atoms with Crippen molar-refractivity contribution in [3.05, 3.63) is 144 Å². The van der Waals surface area contributed by atoms with Gasteiger partial charge in [0.15, 0.2) is 0 Å². The number of hydrogen-bond acceptors (Lipinski definition) is 3. The van der Waals surface area contributed by atoms with Crippen LogP contribution in [0.5, 0.6) is 0 Å². The molecular formula is C33H33NO3. The summed E-state index contributed by atoms with van der Waals surface area (Å²) in [6.45, 7) is 0.994. The standard InChI is InChI=1S/C33H33NO3/c35-32-30(21-26-13-5-1-6-14-26)31(37-24-29-19-11-4-12-20-29)33(36,22-27-15-7-2-8-16-27)25-34(32)23-28-17-9-3-10-18-28/h1-20,30-31,36H,21-25H2. The van der Waals surface area contributed by atoms with E-state index in [9.17, 15) is 9.90 Å². The molecule has 1 amide bonds. The molecule has 188 valence electrons. The van der Waals surface area contributed by atoms with Crippen LogP contribution in [-0.2, 0) is 35.5 Å². The van der Waals surface area contributed by atoms with Gasteiger partial charge in [-0.05, 0) is 28.7 Å². The number of likely N-dealkylation sites (tertiary alicyclic amines) is 1. The zero-order valence-corrected chi connectivity index (χ0v) is 20.9. The number of nitrogens with zero attached hydrogens (tertiary/aromatic N) is 1. The highest BCUT2D eigenvalue weighted by atomic mass is 16.5. The van der Waals surface area contributed by atoms with E-state index in [1.165, 1.54) is 0 Å². The van der Waals surface area contributed by atoms with Crippen LogP contribution in [0.15, 0.2) is 121 Å². The Morgan fingerprint density at radius 3 is 1.76 bits per heavy atom. The molecule has 1 heterocycles. The van der Waals surface area contributed by atoms with Gasteiger partial charge in [0.1, 0.15) is 11.7 Å². The molecule has 4 heteroatoms. The second-order valence-electron chi connectivity index (χ2n) is 9.96. The van der Waals surface area contributed by atoms with Crippen LogP contribution in [0.3, 0.4) is 0 Å². The minimum absolute atomic E-state index is 0.0171. The number of ether oxygens (including phenoxy) is 1. The second kappa shape index (κ2) is 11.5. The van der Waals surface area contributed by atoms with Crippen molar-refractivity contribution in [2.24, 2.45) is 5.92 Å². The monoisotopic (exact) mass is 491 g/mol. The molecular weight excluding hydrogens is 458 g/mol. The molecule has 1 fully saturated rings. The molecule has 1 N–H and O–H groups in total. The van der Waals surface area contributed by atoms with E-state index in [4.69, 9.17) is 4.74 Å². The Morgan fingerprint density at radius 1 is 0.703 bits per heavy atom. The molecule has 5 rings (SSSR count). The largest absolute Gasteiger partial charge is 0.385 e. The van der Waals surface area contributed by atoms with Crippen molar-refractivity contribution >= 4 is 5.91 Å². The van der Waals surface area contributed by atoms with Gasteiger partial charge in [0.05, 0.1) is 19.1 Å². The molecule has 1 saturated heterocycles. The summed E-state index contributed by atoms with van der Waals surface area (Å²) in [6, 6.07) is 39.9. The Hall–Kier alpha value is -3.73. The van der Waals surface area contributed by atoms with E-state index in [1.54, 1.807) is 0 Å². The van der Waals surface area contributed by atoms with E-state index in [2.05, 4.69) is 0 Å². The second-order valence-corrected chi connectivity index (χ2v) is 9.96. The molecule has 0 aromatic heterocycles. The van der Waals surface area contributed by atoms with Crippen molar-refractivity contribution in [2.75, 3.05) is 6.54 Å². The van der Waals surface area contributed by atoms with Gasteiger partial charge < -0.3 is 14.7 Å². The van der Waals surface area contributed by atoms with Crippen LogP contribution in [0.4, 0.5) is 0 Å². The summed E-state index contributed by atoms with van der Waals surface area (Å²) in [6.07, 6.45) is 0.242. The van der Waals surface area contributed by atoms with Crippen molar-refractivity contribution < 1.29 is 14.6 Å². The van der Waals surface area contributed by atoms with Gasteiger partial charge in [-0.25, -0.2) is 0 Å². The molecule has 0 saturated carbocycles. The summed E-state index contributed by atoms with van der Waals surface area (Å²) in [7, 11) is 0. The third-order valence-corrected chi connectivity index (χ3v) is 7.13. The molecule has 0 aliphatic carbocycles. The normalized spacial score (nSPS) is 21.6. The molecule has 1 aliphatic rings. The number of aliphatic hydroxyl groups is 1. The minimum Gasteiger partial charge on any atom is -0.385 e. The minimum atomic E-state index is -1.25. The van der Waals surface area contributed by atoms with E-state index in [1.807, 2.05) is 126 Å². The summed E-state index contributed by atoms with van der Waals surface area (Å²) in [5.74, 6) is -0.499. The van der Waals surface area contributed by atoms with E-state index >= 15 is 0 Å². The molecule has 4 aromatic rings. The fourth-order valence-electron chi connectivity index (χ4n) is 5.37. The first-order valence-corrected chi connectivity index (χ1v) is 12.9. The van der Waals surface area contributed by atoms with Crippen LogP contribution in [0.1, 0.15) is 22.3 Å². The lowest BCUT2D eigenvalue weighted by molar-refractivity contribution is -0.191. The first-order valence-electron chi connectivity index (χ1n) is 12.9. The maximum atomic E-state index is 14.0. The third-order valence-electron chi connectivity index (χ3n) is 7.13. The number of rotatable bonds is 9. The average Bonchev–Trinajstić information content (AvgIpc) is 2.93. The van der Waals surface area contributed by atoms with Crippen LogP contribution < -0.4 is 0 Å². The SMILES string of the molecule is O=C1C(Cc2ccccc2)C(OCc2ccccc2)C(O)(Cc2ccccc2)CN1Cc1ccccc1. The van der Waals surface area contributed by atoms with Crippen LogP contribution >= 0.6 is 0 Å². The van der Waals surface area contributed by atoms with Gasteiger partial charge in [-0.2, -0.15) is 0 Å². The molecule has 0 spiro atoms. The Balaban J connectivity index is 1.51. The van der Waals surface area contributed by atoms with Crippen molar-refractivity contribution in [3.63, 3.8) is 0 Å². The van der Waals surface area contributed by atoms with Gasteiger partial charge in [-0.15, -0.1) is 0 Å². The van der Waals surface area contributed by atoms with Crippen molar-refractivity contribution in [1.82, 2.24) is 4.90 Å². The molecule has 4 aromatic carbocycles. The summed E-state index contributed by atoms with van der Waals surface area (Å²) < 4.78 is 6.51. The number of carbonyl (C=O) groups is 1. The fraction of sp³-hybridized carbons (Fsp3) is 0.242. The number of β-amino-alcohol motifs (C(OH)–C–C–N with tert-alkyl or cyclic N) is 1. The van der Waals surface area contributed by atoms with Gasteiger partial charge in [0.25, 0.3) is 0 Å². The first-order chi connectivity index (χ1) is 18.1. The van der Waals surface area contributed by atoms with E-state index in [0.717, 1.165) is 22.3 Å². The lowest BCUT2D eigenvalue weighted by Crippen LogP contribution is -2.65. The maximum absolute atomic E-state index is 14.0. The zero-order chi connectivity index (χ0) is 25.5. The van der Waals surface area contributed by atoms with Crippen molar-refractivity contribution in [1.29, 1.82) is 0 Å². The number of benzene rings is 4. The predicted octanol–water partition coefficient (Wildman–Crippen LogP) is 5.45. The Morgan fingerprint density at radius 2 is 1.19 bits per heavy atom. The maximum Gasteiger partial charge on any atom is 0.229 e.